The molecule has 1 rings (SSSR count). The van der Waals surface area contributed by atoms with Gasteiger partial charge in [0.05, 0.1) is 11.5 Å². The summed E-state index contributed by atoms with van der Waals surface area (Å²) in [6.07, 6.45) is 0.869. The minimum Gasteiger partial charge on any atom is -0.383 e. The van der Waals surface area contributed by atoms with Crippen molar-refractivity contribution in [1.29, 1.82) is 0 Å². The molecule has 0 saturated carbocycles. The van der Waals surface area contributed by atoms with E-state index in [-0.39, 0.29) is 16.7 Å². The van der Waals surface area contributed by atoms with Crippen molar-refractivity contribution in [3.8, 4) is 0 Å². The van der Waals surface area contributed by atoms with Gasteiger partial charge in [-0.2, -0.15) is 0 Å². The molecule has 1 N–H and O–H groups in total. The van der Waals surface area contributed by atoms with Crippen molar-refractivity contribution in [2.24, 2.45) is 0 Å². The number of pyridine rings is 1. The Morgan fingerprint density at radius 3 is 2.71 bits per heavy atom. The van der Waals surface area contributed by atoms with Crippen molar-refractivity contribution in [1.82, 2.24) is 4.98 Å². The molecule has 1 atom stereocenters. The number of nitro groups is 1. The quantitative estimate of drug-likeness (QED) is 0.557. The normalized spacial score (nSPS) is 12.0. The molecule has 21 heavy (non-hydrogen) atoms. The van der Waals surface area contributed by atoms with Crippen LogP contribution in [0.2, 0.25) is 0 Å². The fourth-order valence-corrected chi connectivity index (χ4v) is 2.02. The van der Waals surface area contributed by atoms with Gasteiger partial charge in [-0.15, -0.1) is 0 Å². The Labute approximate surface area is 125 Å². The third kappa shape index (κ3) is 4.56. The highest BCUT2D eigenvalue weighted by Gasteiger charge is 2.24. The Balaban J connectivity index is 3.23. The van der Waals surface area contributed by atoms with Crippen molar-refractivity contribution in [3.05, 3.63) is 22.2 Å². The molecule has 0 bridgehead atoms. The first kappa shape index (κ1) is 17.2. The standard InChI is InChI=1S/C14H24N4O3/c1-5-11(3)17(9-10-21-4)14-12(18(19)20)7-8-13(16-14)15-6-2/h7-8,11H,5-6,9-10H2,1-4H3,(H,15,16). The van der Waals surface area contributed by atoms with Crippen LogP contribution in [-0.2, 0) is 4.74 Å². The van der Waals surface area contributed by atoms with E-state index in [0.29, 0.717) is 31.3 Å². The summed E-state index contributed by atoms with van der Waals surface area (Å²) in [4.78, 5) is 17.2. The molecule has 0 aliphatic heterocycles. The number of rotatable bonds is 9. The molecule has 0 amide bonds. The first-order chi connectivity index (χ1) is 10.0. The largest absolute Gasteiger partial charge is 0.383 e. The van der Waals surface area contributed by atoms with Gasteiger partial charge in [0.1, 0.15) is 5.82 Å². The van der Waals surface area contributed by atoms with Crippen LogP contribution in [0.4, 0.5) is 17.3 Å². The van der Waals surface area contributed by atoms with Gasteiger partial charge in [0.25, 0.3) is 0 Å². The topological polar surface area (TPSA) is 80.5 Å². The van der Waals surface area contributed by atoms with E-state index in [1.807, 2.05) is 25.7 Å². The van der Waals surface area contributed by atoms with E-state index in [2.05, 4.69) is 10.3 Å². The number of nitrogens with one attached hydrogen (secondary N) is 1. The Hall–Kier alpha value is -1.89. The van der Waals surface area contributed by atoms with E-state index in [4.69, 9.17) is 4.74 Å². The SMILES string of the molecule is CCNc1ccc([N+](=O)[O-])c(N(CCOC)C(C)CC)n1. The van der Waals surface area contributed by atoms with Gasteiger partial charge in [0.2, 0.25) is 5.82 Å². The van der Waals surface area contributed by atoms with Crippen LogP contribution in [-0.4, -0.2) is 42.8 Å². The molecule has 0 radical (unpaired) electrons. The number of hydrogen-bond acceptors (Lipinski definition) is 6. The van der Waals surface area contributed by atoms with Crippen molar-refractivity contribution in [2.75, 3.05) is 37.0 Å². The van der Waals surface area contributed by atoms with Gasteiger partial charge in [-0.05, 0) is 26.3 Å². The molecule has 0 saturated heterocycles. The summed E-state index contributed by atoms with van der Waals surface area (Å²) in [5.41, 5.74) is 0.0213. The zero-order chi connectivity index (χ0) is 15.8. The molecular weight excluding hydrogens is 272 g/mol. The van der Waals surface area contributed by atoms with Crippen LogP contribution in [0.1, 0.15) is 27.2 Å². The molecule has 0 fully saturated rings. The summed E-state index contributed by atoms with van der Waals surface area (Å²) >= 11 is 0. The highest BCUT2D eigenvalue weighted by molar-refractivity contribution is 5.62. The monoisotopic (exact) mass is 296 g/mol. The van der Waals surface area contributed by atoms with Gasteiger partial charge in [0.15, 0.2) is 0 Å². The van der Waals surface area contributed by atoms with Gasteiger partial charge < -0.3 is 15.0 Å². The molecule has 7 heteroatoms. The Bertz CT molecular complexity index is 468. The first-order valence-electron chi connectivity index (χ1n) is 7.19. The molecule has 1 unspecified atom stereocenters. The average Bonchev–Trinajstić information content (AvgIpc) is 2.47. The van der Waals surface area contributed by atoms with Crippen LogP contribution in [0, 0.1) is 10.1 Å². The van der Waals surface area contributed by atoms with Gasteiger partial charge in [-0.3, -0.25) is 10.1 Å². The molecule has 7 nitrogen and oxygen atoms in total. The molecule has 1 aromatic rings. The van der Waals surface area contributed by atoms with Gasteiger partial charge in [0, 0.05) is 32.3 Å². The van der Waals surface area contributed by atoms with E-state index in [0.717, 1.165) is 6.42 Å². The summed E-state index contributed by atoms with van der Waals surface area (Å²) in [5, 5.41) is 14.4. The number of methoxy groups -OCH3 is 1. The molecule has 118 valence electrons. The summed E-state index contributed by atoms with van der Waals surface area (Å²) < 4.78 is 5.11. The minimum atomic E-state index is -0.389. The van der Waals surface area contributed by atoms with Gasteiger partial charge in [-0.1, -0.05) is 6.92 Å². The molecule has 0 aliphatic rings. The second kappa shape index (κ2) is 8.41. The number of anilines is 2. The molecule has 1 aromatic heterocycles. The summed E-state index contributed by atoms with van der Waals surface area (Å²) in [7, 11) is 1.62. The Kier molecular flexibility index (Phi) is 6.87. The zero-order valence-electron chi connectivity index (χ0n) is 13.1. The maximum atomic E-state index is 11.3. The van der Waals surface area contributed by atoms with Crippen molar-refractivity contribution in [2.45, 2.75) is 33.2 Å². The predicted molar refractivity (Wildman–Crippen MR) is 84.0 cm³/mol. The second-order valence-electron chi connectivity index (χ2n) is 4.77. The van der Waals surface area contributed by atoms with Crippen LogP contribution in [0.15, 0.2) is 12.1 Å². The average molecular weight is 296 g/mol. The van der Waals surface area contributed by atoms with E-state index < -0.39 is 0 Å². The van der Waals surface area contributed by atoms with E-state index in [1.165, 1.54) is 6.07 Å². The lowest BCUT2D eigenvalue weighted by atomic mass is 10.2. The highest BCUT2D eigenvalue weighted by Crippen LogP contribution is 2.29. The number of aromatic nitrogens is 1. The lowest BCUT2D eigenvalue weighted by molar-refractivity contribution is -0.384. The van der Waals surface area contributed by atoms with E-state index in [9.17, 15) is 10.1 Å². The van der Waals surface area contributed by atoms with Crippen molar-refractivity contribution in [3.63, 3.8) is 0 Å². The fraction of sp³-hybridized carbons (Fsp3) is 0.643. The van der Waals surface area contributed by atoms with E-state index in [1.54, 1.807) is 13.2 Å². The fourth-order valence-electron chi connectivity index (χ4n) is 2.02. The first-order valence-corrected chi connectivity index (χ1v) is 7.19. The Morgan fingerprint density at radius 2 is 2.19 bits per heavy atom. The maximum absolute atomic E-state index is 11.3. The van der Waals surface area contributed by atoms with Crippen molar-refractivity contribution < 1.29 is 9.66 Å². The van der Waals surface area contributed by atoms with Crippen LogP contribution >= 0.6 is 0 Å². The lowest BCUT2D eigenvalue weighted by Gasteiger charge is -2.29. The smallest absolute Gasteiger partial charge is 0.311 e. The predicted octanol–water partition coefficient (Wildman–Crippen LogP) is 2.67. The molecule has 1 heterocycles. The van der Waals surface area contributed by atoms with Crippen molar-refractivity contribution >= 4 is 17.3 Å². The van der Waals surface area contributed by atoms with Crippen LogP contribution in [0.3, 0.4) is 0 Å². The third-order valence-corrected chi connectivity index (χ3v) is 3.34. The number of ether oxygens (including phenoxy) is 1. The van der Waals surface area contributed by atoms with Gasteiger partial charge in [-0.25, -0.2) is 4.98 Å². The molecule has 0 spiro atoms. The summed E-state index contributed by atoms with van der Waals surface area (Å²) in [6, 6.07) is 3.28. The lowest BCUT2D eigenvalue weighted by Crippen LogP contribution is -2.36. The van der Waals surface area contributed by atoms with E-state index >= 15 is 0 Å². The second-order valence-corrected chi connectivity index (χ2v) is 4.77. The van der Waals surface area contributed by atoms with Crippen LogP contribution in [0.25, 0.3) is 0 Å². The van der Waals surface area contributed by atoms with Crippen LogP contribution < -0.4 is 10.2 Å². The summed E-state index contributed by atoms with van der Waals surface area (Å²) in [5.74, 6) is 1.04. The number of hydrogen-bond donors (Lipinski definition) is 1. The summed E-state index contributed by atoms with van der Waals surface area (Å²) in [6.45, 7) is 7.81. The molecule has 0 aliphatic carbocycles. The minimum absolute atomic E-state index is 0.0213. The third-order valence-electron chi connectivity index (χ3n) is 3.34. The number of nitrogens with zero attached hydrogens (tertiary/aromatic N) is 3. The molecule has 0 aromatic carbocycles. The Morgan fingerprint density at radius 1 is 1.48 bits per heavy atom. The maximum Gasteiger partial charge on any atom is 0.311 e. The molecular formula is C14H24N4O3. The van der Waals surface area contributed by atoms with Gasteiger partial charge >= 0.3 is 5.69 Å². The van der Waals surface area contributed by atoms with Crippen LogP contribution in [0.5, 0.6) is 0 Å². The highest BCUT2D eigenvalue weighted by atomic mass is 16.6. The zero-order valence-corrected chi connectivity index (χ0v) is 13.1.